The maximum atomic E-state index is 14.7. The number of hydrogen-bond donors (Lipinski definition) is 1. The Morgan fingerprint density at radius 1 is 1.05 bits per heavy atom. The van der Waals surface area contributed by atoms with E-state index >= 15 is 0 Å². The van der Waals surface area contributed by atoms with Gasteiger partial charge in [-0.2, -0.15) is 0 Å². The summed E-state index contributed by atoms with van der Waals surface area (Å²) in [5, 5.41) is 3.37. The number of nitrogens with zero attached hydrogens (tertiary/aromatic N) is 3. The van der Waals surface area contributed by atoms with Gasteiger partial charge in [0.2, 0.25) is 11.8 Å². The molecule has 2 aromatic carbocycles. The normalized spacial score (nSPS) is 17.3. The van der Waals surface area contributed by atoms with Crippen LogP contribution in [0.15, 0.2) is 59.6 Å². The van der Waals surface area contributed by atoms with Crippen molar-refractivity contribution < 1.29 is 32.2 Å². The van der Waals surface area contributed by atoms with Gasteiger partial charge in [0.15, 0.2) is 5.54 Å². The SMILES string of the molecule is COc1ccc(S(=O)(=O)N2C(=O)C(N[C@@H](C)C(=O)N(C)C)(c3cccnc3OC)c3cc(Cl)ccc32)c(OC)c1. The van der Waals surface area contributed by atoms with Gasteiger partial charge in [0, 0.05) is 42.5 Å². The molecule has 212 valence electrons. The number of pyridine rings is 1. The number of anilines is 1. The fourth-order valence-electron chi connectivity index (χ4n) is 4.78. The standard InChI is InChI=1S/C27H29ClN4O7S/c1-16(25(33)31(2)3)30-27(19-8-7-13-29-24(19)39-6)20-14-17(28)9-11-21(20)32(26(27)34)40(35,36)23-12-10-18(37-4)15-22(23)38-5/h7-16,30H,1-6H3/t16-,27?/m0/s1. The first kappa shape index (κ1) is 29.1. The van der Waals surface area contributed by atoms with Crippen LogP contribution in [0.5, 0.6) is 17.4 Å². The Morgan fingerprint density at radius 2 is 1.77 bits per heavy atom. The molecule has 3 aromatic rings. The van der Waals surface area contributed by atoms with E-state index < -0.39 is 27.5 Å². The minimum atomic E-state index is -4.59. The van der Waals surface area contributed by atoms with E-state index in [4.69, 9.17) is 25.8 Å². The van der Waals surface area contributed by atoms with Crippen molar-refractivity contribution in [1.29, 1.82) is 0 Å². The van der Waals surface area contributed by atoms with E-state index in [-0.39, 0.29) is 44.3 Å². The molecule has 1 aliphatic heterocycles. The Labute approximate surface area is 237 Å². The van der Waals surface area contributed by atoms with Crippen LogP contribution in [0.1, 0.15) is 18.1 Å². The minimum absolute atomic E-state index is 0.0248. The second kappa shape index (κ2) is 11.0. The molecular formula is C27H29ClN4O7S. The van der Waals surface area contributed by atoms with Gasteiger partial charge >= 0.3 is 0 Å². The van der Waals surface area contributed by atoms with Crippen LogP contribution in [0, 0.1) is 0 Å². The third-order valence-corrected chi connectivity index (χ3v) is 8.56. The van der Waals surface area contributed by atoms with Crippen LogP contribution >= 0.6 is 11.6 Å². The summed E-state index contributed by atoms with van der Waals surface area (Å²) < 4.78 is 45.3. The second-order valence-corrected chi connectivity index (χ2v) is 11.4. The van der Waals surface area contributed by atoms with Crippen molar-refractivity contribution in [2.75, 3.05) is 39.7 Å². The average Bonchev–Trinajstić information content (AvgIpc) is 3.19. The monoisotopic (exact) mass is 588 g/mol. The first-order valence-corrected chi connectivity index (χ1v) is 13.9. The Balaban J connectivity index is 2.05. The fraction of sp³-hybridized carbons (Fsp3) is 0.296. The lowest BCUT2D eigenvalue weighted by atomic mass is 9.83. The summed E-state index contributed by atoms with van der Waals surface area (Å²) in [5.41, 5.74) is -1.50. The molecule has 0 saturated heterocycles. The third kappa shape index (κ3) is 4.61. The number of halogens is 1. The number of rotatable bonds is 9. The summed E-state index contributed by atoms with van der Waals surface area (Å²) in [6, 6.07) is 10.8. The number of amides is 2. The zero-order valence-electron chi connectivity index (χ0n) is 22.8. The van der Waals surface area contributed by atoms with E-state index in [2.05, 4.69) is 10.3 Å². The van der Waals surface area contributed by atoms with Crippen LogP contribution in [0.2, 0.25) is 5.02 Å². The Hall–Kier alpha value is -3.87. The van der Waals surface area contributed by atoms with Gasteiger partial charge in [-0.05, 0) is 49.4 Å². The van der Waals surface area contributed by atoms with Crippen LogP contribution < -0.4 is 23.8 Å². The summed E-state index contributed by atoms with van der Waals surface area (Å²) >= 11 is 6.41. The molecule has 0 bridgehead atoms. The predicted molar refractivity (Wildman–Crippen MR) is 149 cm³/mol. The number of benzene rings is 2. The molecule has 0 saturated carbocycles. The highest BCUT2D eigenvalue weighted by atomic mass is 35.5. The molecule has 0 fully saturated rings. The lowest BCUT2D eigenvalue weighted by molar-refractivity contribution is -0.131. The molecule has 4 rings (SSSR count). The maximum Gasteiger partial charge on any atom is 0.274 e. The summed E-state index contributed by atoms with van der Waals surface area (Å²) in [7, 11) is 2.69. The van der Waals surface area contributed by atoms with Crippen LogP contribution in [0.3, 0.4) is 0 Å². The minimum Gasteiger partial charge on any atom is -0.497 e. The summed E-state index contributed by atoms with van der Waals surface area (Å²) in [6.45, 7) is 1.58. The molecule has 11 nitrogen and oxygen atoms in total. The zero-order valence-corrected chi connectivity index (χ0v) is 24.3. The van der Waals surface area contributed by atoms with Gasteiger partial charge in [0.25, 0.3) is 15.9 Å². The van der Waals surface area contributed by atoms with Crippen LogP contribution in [-0.2, 0) is 25.2 Å². The number of ether oxygens (including phenoxy) is 3. The highest BCUT2D eigenvalue weighted by Crippen LogP contribution is 2.50. The van der Waals surface area contributed by atoms with Crippen LogP contribution in [-0.4, -0.2) is 71.6 Å². The van der Waals surface area contributed by atoms with E-state index in [9.17, 15) is 18.0 Å². The van der Waals surface area contributed by atoms with Crippen molar-refractivity contribution in [3.63, 3.8) is 0 Å². The number of carbonyl (C=O) groups is 2. The van der Waals surface area contributed by atoms with Crippen molar-refractivity contribution in [1.82, 2.24) is 15.2 Å². The maximum absolute atomic E-state index is 14.7. The lowest BCUT2D eigenvalue weighted by Crippen LogP contribution is -2.58. The van der Waals surface area contributed by atoms with Crippen molar-refractivity contribution >= 4 is 39.1 Å². The summed E-state index contributed by atoms with van der Waals surface area (Å²) in [4.78, 5) is 33.1. The van der Waals surface area contributed by atoms with Gasteiger partial charge in [0.1, 0.15) is 16.4 Å². The average molecular weight is 589 g/mol. The summed E-state index contributed by atoms with van der Waals surface area (Å²) in [6.07, 6.45) is 1.47. The first-order chi connectivity index (χ1) is 18.9. The largest absolute Gasteiger partial charge is 0.497 e. The molecular weight excluding hydrogens is 560 g/mol. The van der Waals surface area contributed by atoms with E-state index in [1.807, 2.05) is 0 Å². The van der Waals surface area contributed by atoms with Gasteiger partial charge in [-0.15, -0.1) is 0 Å². The number of methoxy groups -OCH3 is 3. The lowest BCUT2D eigenvalue weighted by Gasteiger charge is -2.34. The van der Waals surface area contributed by atoms with Gasteiger partial charge in [-0.1, -0.05) is 11.6 Å². The third-order valence-electron chi connectivity index (χ3n) is 6.59. The highest BCUT2D eigenvalue weighted by Gasteiger charge is 2.58. The second-order valence-electron chi connectivity index (χ2n) is 9.16. The van der Waals surface area contributed by atoms with Crippen LogP contribution in [0.25, 0.3) is 0 Å². The molecule has 1 unspecified atom stereocenters. The van der Waals surface area contributed by atoms with Gasteiger partial charge in [-0.3, -0.25) is 14.9 Å². The first-order valence-electron chi connectivity index (χ1n) is 12.0. The molecule has 0 radical (unpaired) electrons. The number of likely N-dealkylation sites (N-methyl/N-ethyl adjacent to an activating group) is 1. The van der Waals surface area contributed by atoms with Crippen molar-refractivity contribution in [3.8, 4) is 17.4 Å². The molecule has 1 aliphatic rings. The van der Waals surface area contributed by atoms with E-state index in [1.54, 1.807) is 33.2 Å². The highest BCUT2D eigenvalue weighted by molar-refractivity contribution is 7.93. The Kier molecular flexibility index (Phi) is 7.97. The Morgan fingerprint density at radius 3 is 2.40 bits per heavy atom. The molecule has 1 N–H and O–H groups in total. The predicted octanol–water partition coefficient (Wildman–Crippen LogP) is 2.81. The van der Waals surface area contributed by atoms with E-state index in [0.717, 1.165) is 0 Å². The van der Waals surface area contributed by atoms with Crippen molar-refractivity contribution in [3.05, 3.63) is 70.9 Å². The van der Waals surface area contributed by atoms with Gasteiger partial charge < -0.3 is 19.1 Å². The quantitative estimate of drug-likeness (QED) is 0.401. The molecule has 1 aromatic heterocycles. The molecule has 40 heavy (non-hydrogen) atoms. The molecule has 0 aliphatic carbocycles. The summed E-state index contributed by atoms with van der Waals surface area (Å²) in [5.74, 6) is -0.866. The smallest absolute Gasteiger partial charge is 0.274 e. The topological polar surface area (TPSA) is 127 Å². The molecule has 2 atom stereocenters. The van der Waals surface area contributed by atoms with Crippen molar-refractivity contribution in [2.24, 2.45) is 0 Å². The molecule has 13 heteroatoms. The zero-order chi connectivity index (χ0) is 29.4. The number of sulfonamides is 1. The van der Waals surface area contributed by atoms with Crippen LogP contribution in [0.4, 0.5) is 5.69 Å². The Bertz CT molecular complexity index is 1580. The van der Waals surface area contributed by atoms with Gasteiger partial charge in [-0.25, -0.2) is 17.7 Å². The number of carbonyl (C=O) groups excluding carboxylic acids is 2. The molecule has 0 spiro atoms. The fourth-order valence-corrected chi connectivity index (χ4v) is 6.56. The molecule has 2 heterocycles. The number of nitrogens with one attached hydrogen (secondary N) is 1. The number of aromatic nitrogens is 1. The van der Waals surface area contributed by atoms with Gasteiger partial charge in [0.05, 0.1) is 33.1 Å². The van der Waals surface area contributed by atoms with E-state index in [0.29, 0.717) is 10.1 Å². The number of fused-ring (bicyclic) bond motifs is 1. The van der Waals surface area contributed by atoms with E-state index in [1.165, 1.54) is 68.8 Å². The van der Waals surface area contributed by atoms with Crippen molar-refractivity contribution in [2.45, 2.75) is 23.4 Å². The molecule has 2 amide bonds. The number of hydrogen-bond acceptors (Lipinski definition) is 9.